The van der Waals surface area contributed by atoms with Crippen molar-refractivity contribution >= 4 is 34.9 Å². The van der Waals surface area contributed by atoms with Gasteiger partial charge in [-0.15, -0.1) is 0 Å². The number of fused-ring (bicyclic) bond motifs is 4. The summed E-state index contributed by atoms with van der Waals surface area (Å²) in [6.45, 7) is 0.418. The van der Waals surface area contributed by atoms with E-state index in [1.807, 2.05) is 6.07 Å². The number of carbonyl (C=O) groups excluding carboxylic acids is 4. The van der Waals surface area contributed by atoms with Gasteiger partial charge in [-0.1, -0.05) is 6.07 Å². The van der Waals surface area contributed by atoms with Crippen molar-refractivity contribution in [3.05, 3.63) is 69.2 Å². The molecule has 0 saturated carbocycles. The summed E-state index contributed by atoms with van der Waals surface area (Å²) in [7, 11) is 3.51. The molecule has 0 unspecified atom stereocenters. The number of phenolic OH excluding ortho intramolecular Hbond substituents is 1. The first-order chi connectivity index (χ1) is 20.8. The molecule has 44 heavy (non-hydrogen) atoms. The summed E-state index contributed by atoms with van der Waals surface area (Å²) < 4.78 is 5.54. The highest BCUT2D eigenvalue weighted by molar-refractivity contribution is 6.24. The van der Waals surface area contributed by atoms with Gasteiger partial charge in [0.2, 0.25) is 5.78 Å². The minimum absolute atomic E-state index is 0.0355. The van der Waals surface area contributed by atoms with E-state index in [9.17, 15) is 39.6 Å². The fraction of sp³-hybridized carbons (Fsp3) is 0.355. The van der Waals surface area contributed by atoms with E-state index in [2.05, 4.69) is 10.6 Å². The maximum Gasteiger partial charge on any atom is 0.319 e. The number of aliphatic hydroxyl groups excluding tert-OH is 2. The molecule has 0 bridgehead atoms. The monoisotopic (exact) mass is 604 g/mol. The fourth-order valence-electron chi connectivity index (χ4n) is 6.85. The molecule has 1 heterocycles. The number of ketones is 2. The first kappa shape index (κ1) is 29.1. The van der Waals surface area contributed by atoms with Crippen molar-refractivity contribution in [2.24, 2.45) is 17.6 Å². The Kier molecular flexibility index (Phi) is 6.80. The molecule has 3 amide bonds. The number of nitrogens with two attached hydrogens (primary N) is 1. The summed E-state index contributed by atoms with van der Waals surface area (Å²) in [6, 6.07) is 6.46. The summed E-state index contributed by atoms with van der Waals surface area (Å²) in [5, 5.41) is 49.8. The summed E-state index contributed by atoms with van der Waals surface area (Å²) in [5.41, 5.74) is 4.29. The van der Waals surface area contributed by atoms with Gasteiger partial charge in [0.05, 0.1) is 12.2 Å². The van der Waals surface area contributed by atoms with E-state index in [-0.39, 0.29) is 42.5 Å². The van der Waals surface area contributed by atoms with Crippen LogP contribution in [0.25, 0.3) is 0 Å². The van der Waals surface area contributed by atoms with Crippen LogP contribution in [-0.2, 0) is 29.0 Å². The number of rotatable bonds is 5. The molecule has 6 rings (SSSR count). The smallest absolute Gasteiger partial charge is 0.319 e. The predicted octanol–water partition coefficient (Wildman–Crippen LogP) is 1.90. The molecular formula is C31H32N4O9. The van der Waals surface area contributed by atoms with Crippen LogP contribution < -0.4 is 26.0 Å². The number of hydrogen-bond acceptors (Lipinski definition) is 10. The molecule has 230 valence electrons. The maximum atomic E-state index is 14.0. The molecule has 0 fully saturated rings. The number of nitrogens with one attached hydrogen (secondary N) is 2. The molecule has 0 radical (unpaired) electrons. The Labute approximate surface area is 251 Å². The van der Waals surface area contributed by atoms with Crippen LogP contribution in [0.15, 0.2) is 46.9 Å². The number of hydrogen-bond donors (Lipinski definition) is 7. The van der Waals surface area contributed by atoms with Gasteiger partial charge in [-0.25, -0.2) is 4.79 Å². The number of urea groups is 1. The van der Waals surface area contributed by atoms with Crippen molar-refractivity contribution in [1.29, 1.82) is 0 Å². The lowest BCUT2D eigenvalue weighted by Gasteiger charge is -2.46. The van der Waals surface area contributed by atoms with Gasteiger partial charge in [0.1, 0.15) is 28.6 Å². The summed E-state index contributed by atoms with van der Waals surface area (Å²) in [5.74, 6) is -6.22. The third kappa shape index (κ3) is 4.34. The zero-order chi connectivity index (χ0) is 31.7. The number of amides is 3. The molecule has 3 atom stereocenters. The number of allylic oxidation sites excluding steroid dienone is 2. The molecule has 0 spiro atoms. The molecule has 13 nitrogen and oxygen atoms in total. The second-order valence-electron chi connectivity index (χ2n) is 11.8. The average Bonchev–Trinajstić information content (AvgIpc) is 3.42. The lowest BCUT2D eigenvalue weighted by atomic mass is 9.60. The van der Waals surface area contributed by atoms with Crippen LogP contribution in [-0.4, -0.2) is 70.2 Å². The third-order valence-corrected chi connectivity index (χ3v) is 8.99. The van der Waals surface area contributed by atoms with Gasteiger partial charge >= 0.3 is 6.03 Å². The Morgan fingerprint density at radius 2 is 1.89 bits per heavy atom. The van der Waals surface area contributed by atoms with E-state index in [0.717, 1.165) is 12.0 Å². The first-order valence-electron chi connectivity index (χ1n) is 14.2. The highest BCUT2D eigenvalue weighted by Crippen LogP contribution is 2.52. The van der Waals surface area contributed by atoms with Gasteiger partial charge in [0.15, 0.2) is 11.4 Å². The molecule has 8 N–H and O–H groups in total. The Morgan fingerprint density at radius 3 is 2.59 bits per heavy atom. The zero-order valence-corrected chi connectivity index (χ0v) is 24.1. The van der Waals surface area contributed by atoms with Crippen LogP contribution in [0, 0.1) is 11.8 Å². The quantitative estimate of drug-likeness (QED) is 0.246. The van der Waals surface area contributed by atoms with E-state index in [4.69, 9.17) is 10.5 Å². The molecule has 1 aliphatic heterocycles. The van der Waals surface area contributed by atoms with Crippen LogP contribution in [0.1, 0.15) is 39.9 Å². The molecule has 13 heteroatoms. The van der Waals surface area contributed by atoms with Gasteiger partial charge < -0.3 is 46.4 Å². The van der Waals surface area contributed by atoms with Gasteiger partial charge in [-0.2, -0.15) is 0 Å². The number of carbonyl (C=O) groups is 4. The zero-order valence-electron chi connectivity index (χ0n) is 24.1. The molecular weight excluding hydrogens is 572 g/mol. The summed E-state index contributed by atoms with van der Waals surface area (Å²) in [6.07, 6.45) is 0.706. The van der Waals surface area contributed by atoms with Crippen LogP contribution in [0.4, 0.5) is 16.2 Å². The molecule has 4 aliphatic rings. The first-order valence-corrected chi connectivity index (χ1v) is 14.2. The maximum absolute atomic E-state index is 14.0. The van der Waals surface area contributed by atoms with Gasteiger partial charge in [-0.3, -0.25) is 14.4 Å². The highest BCUT2D eigenvalue weighted by atomic mass is 16.5. The Morgan fingerprint density at radius 1 is 1.14 bits per heavy atom. The normalized spacial score (nSPS) is 23.7. The van der Waals surface area contributed by atoms with E-state index in [0.29, 0.717) is 29.3 Å². The summed E-state index contributed by atoms with van der Waals surface area (Å²) in [4.78, 5) is 53.5. The number of benzene rings is 2. The van der Waals surface area contributed by atoms with Gasteiger partial charge in [0.25, 0.3) is 5.91 Å². The third-order valence-electron chi connectivity index (χ3n) is 8.99. The van der Waals surface area contributed by atoms with E-state index in [1.54, 1.807) is 37.2 Å². The van der Waals surface area contributed by atoms with Crippen LogP contribution in [0.5, 0.6) is 11.5 Å². The largest absolute Gasteiger partial charge is 0.511 e. The number of nitrogens with zero attached hydrogens (tertiary/aromatic N) is 1. The number of Topliss-reactive ketones (excluding diaryl/α,β-unsaturated/α-hetero) is 2. The molecule has 0 aromatic heterocycles. The van der Waals surface area contributed by atoms with Crippen molar-refractivity contribution in [3.8, 4) is 11.5 Å². The number of ether oxygens (including phenoxy) is 1. The second-order valence-corrected chi connectivity index (χ2v) is 11.8. The van der Waals surface area contributed by atoms with Crippen LogP contribution >= 0.6 is 0 Å². The van der Waals surface area contributed by atoms with Gasteiger partial charge in [0, 0.05) is 68.0 Å². The minimum atomic E-state index is -2.64. The number of phenols is 1. The summed E-state index contributed by atoms with van der Waals surface area (Å²) >= 11 is 0. The lowest BCUT2D eigenvalue weighted by Crippen LogP contribution is -2.57. The topological polar surface area (TPSA) is 212 Å². The molecule has 0 saturated heterocycles. The van der Waals surface area contributed by atoms with E-state index in [1.165, 1.54) is 0 Å². The van der Waals surface area contributed by atoms with Crippen molar-refractivity contribution in [2.75, 3.05) is 30.9 Å². The van der Waals surface area contributed by atoms with Crippen molar-refractivity contribution in [2.45, 2.75) is 37.8 Å². The van der Waals surface area contributed by atoms with Crippen LogP contribution in [0.2, 0.25) is 0 Å². The number of aromatic hydroxyl groups is 1. The minimum Gasteiger partial charge on any atom is -0.511 e. The average molecular weight is 605 g/mol. The number of anilines is 2. The van der Waals surface area contributed by atoms with Crippen LogP contribution in [0.3, 0.4) is 0 Å². The van der Waals surface area contributed by atoms with E-state index < -0.39 is 63.8 Å². The molecule has 3 aliphatic carbocycles. The van der Waals surface area contributed by atoms with Crippen molar-refractivity contribution < 1.29 is 44.3 Å². The SMILES string of the molecule is CN(C)c1cc(CNC(=O)Nc2ccc3c(c2)OCC3)c(O)c2c1C[C@H]1C[C@H]3CC(O)=C(C(N)=O)C(=O)[C@@]3(O)C(O)=C1C2=O. The fourth-order valence-corrected chi connectivity index (χ4v) is 6.85. The van der Waals surface area contributed by atoms with Gasteiger partial charge in [-0.05, 0) is 42.0 Å². The number of primary amides is 1. The number of aliphatic hydroxyl groups is 3. The van der Waals surface area contributed by atoms with Crippen molar-refractivity contribution in [3.63, 3.8) is 0 Å². The highest BCUT2D eigenvalue weighted by Gasteiger charge is 2.59. The Hall–Kier alpha value is -5.04. The second kappa shape index (κ2) is 10.3. The Balaban J connectivity index is 1.33. The van der Waals surface area contributed by atoms with Crippen molar-refractivity contribution in [1.82, 2.24) is 5.32 Å². The molecule has 2 aromatic carbocycles. The standard InChI is InChI=1S/C31H32N4O9/c1-35(2)19-9-15(12-33-30(42)34-17-4-3-13-5-6-44-21(13)11-17)25(37)23-18(19)8-14-7-16-10-20(36)24(29(32)41)28(40)31(16,43)27(39)22(14)26(23)38/h3-4,9,11,14,16,36-37,39,43H,5-8,10,12H2,1-2H3,(H2,32,41)(H2,33,34,42)/t14-,16+,31+/m1/s1. The Bertz CT molecular complexity index is 1730. The predicted molar refractivity (Wildman–Crippen MR) is 157 cm³/mol. The molecule has 2 aromatic rings. The lowest BCUT2D eigenvalue weighted by molar-refractivity contribution is -0.144. The van der Waals surface area contributed by atoms with E-state index >= 15 is 0 Å².